The van der Waals surface area contributed by atoms with Crippen LogP contribution in [-0.4, -0.2) is 53.4 Å². The second kappa shape index (κ2) is 12.3. The molecule has 1 saturated heterocycles. The first-order valence-corrected chi connectivity index (χ1v) is 13.2. The maximum absolute atomic E-state index is 12.4. The summed E-state index contributed by atoms with van der Waals surface area (Å²) in [4.78, 5) is 30.3. The number of rotatable bonds is 10. The fourth-order valence-corrected chi connectivity index (χ4v) is 4.72. The Hall–Kier alpha value is -3.52. The molecule has 1 amide bonds. The van der Waals surface area contributed by atoms with Crippen molar-refractivity contribution in [1.29, 1.82) is 0 Å². The van der Waals surface area contributed by atoms with E-state index in [1.54, 1.807) is 6.07 Å². The summed E-state index contributed by atoms with van der Waals surface area (Å²) in [5, 5.41) is 10.3. The zero-order valence-electron chi connectivity index (χ0n) is 21.9. The van der Waals surface area contributed by atoms with E-state index in [9.17, 15) is 14.7 Å². The number of nitrogens with zero attached hydrogens (tertiary/aromatic N) is 2. The Labute approximate surface area is 227 Å². The van der Waals surface area contributed by atoms with Gasteiger partial charge < -0.3 is 23.9 Å². The Morgan fingerprint density at radius 3 is 2.63 bits per heavy atom. The third-order valence-electron chi connectivity index (χ3n) is 6.55. The van der Waals surface area contributed by atoms with E-state index in [2.05, 4.69) is 4.98 Å². The van der Waals surface area contributed by atoms with Crippen molar-refractivity contribution in [3.8, 4) is 17.2 Å². The first-order valence-electron chi connectivity index (χ1n) is 12.8. The number of oxazole rings is 1. The van der Waals surface area contributed by atoms with Crippen LogP contribution < -0.4 is 4.74 Å². The van der Waals surface area contributed by atoms with E-state index in [0.717, 1.165) is 22.6 Å². The quantitative estimate of drug-likeness (QED) is 0.342. The Bertz CT molecular complexity index is 1260. The van der Waals surface area contributed by atoms with Crippen molar-refractivity contribution in [2.75, 3.05) is 26.3 Å². The highest BCUT2D eigenvalue weighted by molar-refractivity contribution is 6.30. The number of hydrogen-bond donors (Lipinski definition) is 1. The molecule has 2 atom stereocenters. The molecule has 9 heteroatoms. The molecule has 3 aromatic rings. The van der Waals surface area contributed by atoms with Crippen LogP contribution in [0.1, 0.15) is 30.9 Å². The highest BCUT2D eigenvalue weighted by atomic mass is 35.5. The lowest BCUT2D eigenvalue weighted by molar-refractivity contribution is -0.142. The molecular formula is C29H33ClN2O6. The van der Waals surface area contributed by atoms with E-state index >= 15 is 0 Å². The number of hydrogen-bond acceptors (Lipinski definition) is 6. The third-order valence-corrected chi connectivity index (χ3v) is 6.78. The van der Waals surface area contributed by atoms with Crippen LogP contribution in [-0.2, 0) is 22.4 Å². The highest BCUT2D eigenvalue weighted by Gasteiger charge is 2.40. The Morgan fingerprint density at radius 2 is 1.95 bits per heavy atom. The number of amides is 1. The van der Waals surface area contributed by atoms with Gasteiger partial charge in [0.05, 0.1) is 24.8 Å². The molecule has 1 fully saturated rings. The summed E-state index contributed by atoms with van der Waals surface area (Å²) in [6, 6.07) is 15.0. The van der Waals surface area contributed by atoms with Crippen LogP contribution in [0.15, 0.2) is 52.9 Å². The summed E-state index contributed by atoms with van der Waals surface area (Å²) in [6.45, 7) is 7.07. The summed E-state index contributed by atoms with van der Waals surface area (Å²) in [5.41, 5.74) is 2.64. The van der Waals surface area contributed by atoms with Crippen LogP contribution in [0.25, 0.3) is 11.5 Å². The second-order valence-electron chi connectivity index (χ2n) is 10.1. The number of benzene rings is 2. The molecule has 38 heavy (non-hydrogen) atoms. The van der Waals surface area contributed by atoms with E-state index in [0.29, 0.717) is 49.3 Å². The van der Waals surface area contributed by atoms with Crippen LogP contribution >= 0.6 is 11.6 Å². The van der Waals surface area contributed by atoms with Gasteiger partial charge in [-0.15, -0.1) is 0 Å². The minimum atomic E-state index is -0.893. The molecule has 4 rings (SSSR count). The molecule has 2 heterocycles. The molecule has 0 radical (unpaired) electrons. The van der Waals surface area contributed by atoms with Crippen LogP contribution in [0, 0.1) is 24.7 Å². The maximum Gasteiger partial charge on any atom is 0.409 e. The van der Waals surface area contributed by atoms with Crippen molar-refractivity contribution in [2.24, 2.45) is 17.8 Å². The predicted molar refractivity (Wildman–Crippen MR) is 143 cm³/mol. The van der Waals surface area contributed by atoms with Crippen molar-refractivity contribution in [3.05, 3.63) is 70.6 Å². The van der Waals surface area contributed by atoms with Gasteiger partial charge in [-0.25, -0.2) is 9.78 Å². The van der Waals surface area contributed by atoms with Gasteiger partial charge in [-0.1, -0.05) is 43.6 Å². The molecule has 1 aromatic heterocycles. The fraction of sp³-hybridized carbons (Fsp3) is 0.414. The summed E-state index contributed by atoms with van der Waals surface area (Å²) in [6.07, 6.45) is 0.691. The van der Waals surface area contributed by atoms with Crippen LogP contribution in [0.5, 0.6) is 5.75 Å². The topological polar surface area (TPSA) is 102 Å². The number of carboxylic acids is 1. The van der Waals surface area contributed by atoms with Gasteiger partial charge in [0, 0.05) is 30.1 Å². The number of aromatic nitrogens is 1. The summed E-state index contributed by atoms with van der Waals surface area (Å²) in [5.74, 6) is 0.503. The molecule has 1 aliphatic heterocycles. The van der Waals surface area contributed by atoms with Gasteiger partial charge in [-0.2, -0.15) is 0 Å². The largest absolute Gasteiger partial charge is 0.493 e. The zero-order chi connectivity index (χ0) is 27.2. The summed E-state index contributed by atoms with van der Waals surface area (Å²) in [7, 11) is 0. The van der Waals surface area contributed by atoms with Gasteiger partial charge in [-0.3, -0.25) is 4.79 Å². The van der Waals surface area contributed by atoms with E-state index < -0.39 is 18.0 Å². The van der Waals surface area contributed by atoms with E-state index in [-0.39, 0.29) is 18.4 Å². The molecule has 0 saturated carbocycles. The minimum absolute atomic E-state index is 0.165. The number of halogens is 1. The van der Waals surface area contributed by atoms with Crippen molar-refractivity contribution in [2.45, 2.75) is 33.6 Å². The van der Waals surface area contributed by atoms with Crippen molar-refractivity contribution in [3.63, 3.8) is 0 Å². The molecule has 202 valence electrons. The van der Waals surface area contributed by atoms with E-state index in [1.807, 2.05) is 63.2 Å². The van der Waals surface area contributed by atoms with Gasteiger partial charge in [0.15, 0.2) is 0 Å². The summed E-state index contributed by atoms with van der Waals surface area (Å²) < 4.78 is 17.0. The molecule has 1 aliphatic rings. The average Bonchev–Trinajstić information content (AvgIpc) is 3.47. The molecular weight excluding hydrogens is 508 g/mol. The van der Waals surface area contributed by atoms with Crippen LogP contribution in [0.3, 0.4) is 0 Å². The predicted octanol–water partition coefficient (Wildman–Crippen LogP) is 5.89. The van der Waals surface area contributed by atoms with Gasteiger partial charge >= 0.3 is 12.1 Å². The molecule has 1 N–H and O–H groups in total. The van der Waals surface area contributed by atoms with Gasteiger partial charge in [0.25, 0.3) is 0 Å². The molecule has 0 unspecified atom stereocenters. The van der Waals surface area contributed by atoms with Gasteiger partial charge in [-0.05, 0) is 61.1 Å². The molecule has 0 spiro atoms. The Kier molecular flexibility index (Phi) is 8.94. The minimum Gasteiger partial charge on any atom is -0.493 e. The standard InChI is InChI=1S/C29H33ClN2O6/c1-18(2)17-37-29(35)32-15-22(25(16-32)28(33)34)13-20-7-9-24(10-8-20)36-12-11-26-19(3)38-27(31-26)21-5-4-6-23(30)14-21/h4-10,14,18,22,25H,11-13,15-17H2,1-3H3,(H,33,34)/t22-,25+/m1/s1. The smallest absolute Gasteiger partial charge is 0.409 e. The van der Waals surface area contributed by atoms with E-state index in [1.165, 1.54) is 4.90 Å². The van der Waals surface area contributed by atoms with E-state index in [4.69, 9.17) is 25.5 Å². The lowest BCUT2D eigenvalue weighted by atomic mass is 9.90. The lowest BCUT2D eigenvalue weighted by Crippen LogP contribution is -2.31. The molecule has 2 aromatic carbocycles. The van der Waals surface area contributed by atoms with Crippen molar-refractivity contribution >= 4 is 23.7 Å². The molecule has 0 bridgehead atoms. The number of aryl methyl sites for hydroxylation is 1. The van der Waals surface area contributed by atoms with Crippen LogP contribution in [0.2, 0.25) is 5.02 Å². The van der Waals surface area contributed by atoms with Gasteiger partial charge in [0.2, 0.25) is 5.89 Å². The number of carboxylic acid groups (broad SMARTS) is 1. The van der Waals surface area contributed by atoms with Crippen LogP contribution in [0.4, 0.5) is 4.79 Å². The molecule has 8 nitrogen and oxygen atoms in total. The third kappa shape index (κ3) is 7.07. The monoisotopic (exact) mass is 540 g/mol. The Morgan fingerprint density at radius 1 is 1.18 bits per heavy atom. The number of carbonyl (C=O) groups is 2. The van der Waals surface area contributed by atoms with Crippen molar-refractivity contribution in [1.82, 2.24) is 9.88 Å². The maximum atomic E-state index is 12.4. The number of carbonyl (C=O) groups excluding carboxylic acids is 1. The SMILES string of the molecule is Cc1oc(-c2cccc(Cl)c2)nc1CCOc1ccc(C[C@@H]2CN(C(=O)OCC(C)C)C[C@@H]2C(=O)O)cc1. The van der Waals surface area contributed by atoms with Gasteiger partial charge in [0.1, 0.15) is 11.5 Å². The lowest BCUT2D eigenvalue weighted by Gasteiger charge is -2.17. The Balaban J connectivity index is 1.30. The highest BCUT2D eigenvalue weighted by Crippen LogP contribution is 2.29. The number of likely N-dealkylation sites (tertiary alicyclic amines) is 1. The second-order valence-corrected chi connectivity index (χ2v) is 10.5. The average molecular weight is 541 g/mol. The zero-order valence-corrected chi connectivity index (χ0v) is 22.6. The molecule has 0 aliphatic carbocycles. The fourth-order valence-electron chi connectivity index (χ4n) is 4.53. The summed E-state index contributed by atoms with van der Waals surface area (Å²) >= 11 is 6.08. The normalized spacial score (nSPS) is 17.1. The van der Waals surface area contributed by atoms with Crippen molar-refractivity contribution < 1.29 is 28.6 Å². The first-order chi connectivity index (χ1) is 18.2. The number of ether oxygens (including phenoxy) is 2. The first kappa shape index (κ1) is 27.5. The number of aliphatic carboxylic acids is 1.